The van der Waals surface area contributed by atoms with E-state index in [1.54, 1.807) is 0 Å². The standard InChI is InChI=1S/C16H19ClN2O6/c1-10-6-11(16(21)22)9-18(8-10)15(20)4-5-25-14-3-2-12(17)7-13(14)19(23)24/h2-3,7,10-11H,4-6,8-9H2,1H3,(H,21,22). The molecular weight excluding hydrogens is 352 g/mol. The molecule has 0 saturated carbocycles. The molecular formula is C16H19ClN2O6. The number of amides is 1. The molecule has 1 aromatic carbocycles. The number of aliphatic carboxylic acids is 1. The van der Waals surface area contributed by atoms with E-state index in [1.165, 1.54) is 23.1 Å². The number of ether oxygens (including phenoxy) is 1. The van der Waals surface area contributed by atoms with Crippen molar-refractivity contribution in [1.29, 1.82) is 0 Å². The lowest BCUT2D eigenvalue weighted by molar-refractivity contribution is -0.385. The second-order valence-electron chi connectivity index (χ2n) is 6.14. The molecule has 0 radical (unpaired) electrons. The summed E-state index contributed by atoms with van der Waals surface area (Å²) in [7, 11) is 0. The largest absolute Gasteiger partial charge is 0.486 e. The van der Waals surface area contributed by atoms with E-state index in [-0.39, 0.29) is 47.9 Å². The van der Waals surface area contributed by atoms with Crippen LogP contribution in [0.1, 0.15) is 19.8 Å². The Balaban J connectivity index is 1.92. The van der Waals surface area contributed by atoms with Crippen LogP contribution >= 0.6 is 11.6 Å². The minimum absolute atomic E-state index is 0.0127. The Labute approximate surface area is 149 Å². The summed E-state index contributed by atoms with van der Waals surface area (Å²) in [6.45, 7) is 2.55. The monoisotopic (exact) mass is 370 g/mol. The molecule has 0 aliphatic carbocycles. The van der Waals surface area contributed by atoms with Crippen molar-refractivity contribution in [3.8, 4) is 5.75 Å². The van der Waals surface area contributed by atoms with Crippen molar-refractivity contribution >= 4 is 29.2 Å². The molecule has 0 aromatic heterocycles. The number of hydrogen-bond acceptors (Lipinski definition) is 5. The van der Waals surface area contributed by atoms with Gasteiger partial charge in [-0.3, -0.25) is 19.7 Å². The highest BCUT2D eigenvalue weighted by molar-refractivity contribution is 6.30. The van der Waals surface area contributed by atoms with Crippen molar-refractivity contribution in [1.82, 2.24) is 4.90 Å². The van der Waals surface area contributed by atoms with Gasteiger partial charge >= 0.3 is 11.7 Å². The summed E-state index contributed by atoms with van der Waals surface area (Å²) in [6.07, 6.45) is 0.561. The molecule has 136 valence electrons. The van der Waals surface area contributed by atoms with E-state index in [9.17, 15) is 19.7 Å². The molecule has 1 fully saturated rings. The molecule has 1 amide bonds. The SMILES string of the molecule is CC1CC(C(=O)O)CN(C(=O)CCOc2ccc(Cl)cc2[N+](=O)[O-])C1. The number of piperidine rings is 1. The molecule has 1 saturated heterocycles. The molecule has 1 aliphatic rings. The number of hydrogen-bond donors (Lipinski definition) is 1. The van der Waals surface area contributed by atoms with Gasteiger partial charge in [-0.25, -0.2) is 0 Å². The molecule has 9 heteroatoms. The van der Waals surface area contributed by atoms with Gasteiger partial charge in [0.2, 0.25) is 5.91 Å². The number of benzene rings is 1. The normalized spacial score (nSPS) is 20.2. The number of carboxylic acid groups (broad SMARTS) is 1. The Morgan fingerprint density at radius 1 is 1.44 bits per heavy atom. The van der Waals surface area contributed by atoms with Crippen molar-refractivity contribution < 1.29 is 24.4 Å². The molecule has 1 heterocycles. The first kappa shape index (κ1) is 19.0. The molecule has 1 N–H and O–H groups in total. The maximum absolute atomic E-state index is 12.3. The van der Waals surface area contributed by atoms with E-state index in [4.69, 9.17) is 21.4 Å². The first-order chi connectivity index (χ1) is 11.8. The predicted octanol–water partition coefficient (Wildman–Crippen LogP) is 2.59. The Morgan fingerprint density at radius 2 is 2.16 bits per heavy atom. The quantitative estimate of drug-likeness (QED) is 0.608. The molecule has 2 rings (SSSR count). The number of halogens is 1. The van der Waals surface area contributed by atoms with Crippen molar-refractivity contribution in [3.63, 3.8) is 0 Å². The van der Waals surface area contributed by atoms with Crippen molar-refractivity contribution in [2.24, 2.45) is 11.8 Å². The number of rotatable bonds is 6. The maximum Gasteiger partial charge on any atom is 0.312 e. The van der Waals surface area contributed by atoms with Gasteiger partial charge in [0.05, 0.1) is 23.9 Å². The van der Waals surface area contributed by atoms with Crippen molar-refractivity contribution in [2.45, 2.75) is 19.8 Å². The van der Waals surface area contributed by atoms with Crippen LogP contribution in [-0.4, -0.2) is 46.5 Å². The minimum atomic E-state index is -0.905. The lowest BCUT2D eigenvalue weighted by atomic mass is 9.90. The fourth-order valence-electron chi connectivity index (χ4n) is 2.90. The molecule has 2 atom stereocenters. The summed E-state index contributed by atoms with van der Waals surface area (Å²) in [5, 5.41) is 20.4. The van der Waals surface area contributed by atoms with Gasteiger partial charge in [-0.1, -0.05) is 18.5 Å². The Hall–Kier alpha value is -2.35. The summed E-state index contributed by atoms with van der Waals surface area (Å²) in [5.41, 5.74) is -0.266. The fourth-order valence-corrected chi connectivity index (χ4v) is 3.06. The molecule has 2 unspecified atom stereocenters. The van der Waals surface area contributed by atoms with E-state index in [2.05, 4.69) is 0 Å². The second-order valence-corrected chi connectivity index (χ2v) is 6.58. The molecule has 0 bridgehead atoms. The lowest BCUT2D eigenvalue weighted by Gasteiger charge is -2.34. The highest BCUT2D eigenvalue weighted by atomic mass is 35.5. The van der Waals surface area contributed by atoms with Crippen molar-refractivity contribution in [3.05, 3.63) is 33.3 Å². The number of likely N-dealkylation sites (tertiary alicyclic amines) is 1. The van der Waals surface area contributed by atoms with Crippen LogP contribution in [-0.2, 0) is 9.59 Å². The van der Waals surface area contributed by atoms with Crippen LogP contribution in [0.4, 0.5) is 5.69 Å². The van der Waals surface area contributed by atoms with E-state index in [0.717, 1.165) is 0 Å². The van der Waals surface area contributed by atoms with Crippen LogP contribution in [0.5, 0.6) is 5.75 Å². The molecule has 8 nitrogen and oxygen atoms in total. The van der Waals surface area contributed by atoms with E-state index < -0.39 is 16.8 Å². The van der Waals surface area contributed by atoms with E-state index >= 15 is 0 Å². The third-order valence-electron chi connectivity index (χ3n) is 4.05. The third kappa shape index (κ3) is 5.06. The Bertz CT molecular complexity index is 681. The van der Waals surface area contributed by atoms with E-state index in [0.29, 0.717) is 13.0 Å². The summed E-state index contributed by atoms with van der Waals surface area (Å²) < 4.78 is 5.35. The van der Waals surface area contributed by atoms with Gasteiger partial charge in [0.15, 0.2) is 5.75 Å². The Morgan fingerprint density at radius 3 is 2.80 bits per heavy atom. The smallest absolute Gasteiger partial charge is 0.312 e. The Kier molecular flexibility index (Phi) is 6.19. The van der Waals surface area contributed by atoms with Crippen LogP contribution in [0.2, 0.25) is 5.02 Å². The van der Waals surface area contributed by atoms with Gasteiger partial charge in [0, 0.05) is 24.2 Å². The van der Waals surface area contributed by atoms with Gasteiger partial charge in [0.1, 0.15) is 0 Å². The second kappa shape index (κ2) is 8.15. The van der Waals surface area contributed by atoms with Gasteiger partial charge in [-0.2, -0.15) is 0 Å². The number of carbonyl (C=O) groups excluding carboxylic acids is 1. The fraction of sp³-hybridized carbons (Fsp3) is 0.500. The summed E-state index contributed by atoms with van der Waals surface area (Å²) in [6, 6.07) is 4.03. The summed E-state index contributed by atoms with van der Waals surface area (Å²) in [4.78, 5) is 35.3. The molecule has 0 spiro atoms. The van der Waals surface area contributed by atoms with Crippen molar-refractivity contribution in [2.75, 3.05) is 19.7 Å². The molecule has 25 heavy (non-hydrogen) atoms. The minimum Gasteiger partial charge on any atom is -0.486 e. The van der Waals surface area contributed by atoms with E-state index in [1.807, 2.05) is 6.92 Å². The van der Waals surface area contributed by atoms with Gasteiger partial charge in [-0.05, 0) is 24.5 Å². The van der Waals surface area contributed by atoms with Crippen LogP contribution in [0.25, 0.3) is 0 Å². The lowest BCUT2D eigenvalue weighted by Crippen LogP contribution is -2.45. The number of nitro benzene ring substituents is 1. The number of carboxylic acids is 1. The highest BCUT2D eigenvalue weighted by Crippen LogP contribution is 2.30. The molecule has 1 aliphatic heterocycles. The van der Waals surface area contributed by atoms with Crippen LogP contribution in [0.3, 0.4) is 0 Å². The van der Waals surface area contributed by atoms with Gasteiger partial charge in [0.25, 0.3) is 0 Å². The summed E-state index contributed by atoms with van der Waals surface area (Å²) in [5.74, 6) is -1.55. The average molecular weight is 371 g/mol. The van der Waals surface area contributed by atoms with Crippen LogP contribution < -0.4 is 4.74 Å². The first-order valence-corrected chi connectivity index (χ1v) is 8.23. The van der Waals surface area contributed by atoms with Crippen LogP contribution in [0, 0.1) is 22.0 Å². The first-order valence-electron chi connectivity index (χ1n) is 7.85. The number of carbonyl (C=O) groups is 2. The molecule has 1 aromatic rings. The third-order valence-corrected chi connectivity index (χ3v) is 4.29. The van der Waals surface area contributed by atoms with Crippen LogP contribution in [0.15, 0.2) is 18.2 Å². The highest BCUT2D eigenvalue weighted by Gasteiger charge is 2.31. The zero-order valence-electron chi connectivity index (χ0n) is 13.7. The summed E-state index contributed by atoms with van der Waals surface area (Å²) >= 11 is 5.73. The maximum atomic E-state index is 12.3. The number of nitro groups is 1. The topological polar surface area (TPSA) is 110 Å². The average Bonchev–Trinajstić information content (AvgIpc) is 2.55. The van der Waals surface area contributed by atoms with Gasteiger partial charge in [-0.15, -0.1) is 0 Å². The number of nitrogens with zero attached hydrogens (tertiary/aromatic N) is 2. The van der Waals surface area contributed by atoms with Gasteiger partial charge < -0.3 is 14.7 Å². The zero-order valence-corrected chi connectivity index (χ0v) is 14.4. The predicted molar refractivity (Wildman–Crippen MR) is 89.7 cm³/mol. The zero-order chi connectivity index (χ0) is 18.6.